The van der Waals surface area contributed by atoms with Crippen molar-refractivity contribution in [1.29, 1.82) is 0 Å². The van der Waals surface area contributed by atoms with Gasteiger partial charge in [0.1, 0.15) is 17.7 Å². The molecule has 0 bridgehead atoms. The third-order valence-corrected chi connectivity index (χ3v) is 4.43. The molecule has 0 radical (unpaired) electrons. The van der Waals surface area contributed by atoms with E-state index in [9.17, 15) is 9.18 Å². The minimum Gasteiger partial charge on any atom is -0.336 e. The lowest BCUT2D eigenvalue weighted by molar-refractivity contribution is 0.0614. The van der Waals surface area contributed by atoms with E-state index in [1.807, 2.05) is 17.8 Å². The van der Waals surface area contributed by atoms with E-state index in [4.69, 9.17) is 0 Å². The third kappa shape index (κ3) is 2.97. The van der Waals surface area contributed by atoms with E-state index in [1.165, 1.54) is 23.1 Å². The maximum absolute atomic E-state index is 13.1. The van der Waals surface area contributed by atoms with Gasteiger partial charge in [-0.3, -0.25) is 4.79 Å². The molecule has 4 rings (SSSR count). The fourth-order valence-corrected chi connectivity index (χ4v) is 3.08. The number of nitrogens with one attached hydrogen (secondary N) is 1. The molecule has 0 saturated carbocycles. The summed E-state index contributed by atoms with van der Waals surface area (Å²) in [6.07, 6.45) is 5.01. The molecule has 3 aromatic rings. The first-order chi connectivity index (χ1) is 12.6. The summed E-state index contributed by atoms with van der Waals surface area (Å²) in [6, 6.07) is 5.60. The van der Waals surface area contributed by atoms with Gasteiger partial charge in [0.25, 0.3) is 5.91 Å². The number of imidazole rings is 1. The summed E-state index contributed by atoms with van der Waals surface area (Å²) in [4.78, 5) is 20.5. The Morgan fingerprint density at radius 2 is 2.12 bits per heavy atom. The quantitative estimate of drug-likeness (QED) is 0.756. The van der Waals surface area contributed by atoms with Crippen LogP contribution in [-0.4, -0.2) is 55.0 Å². The van der Waals surface area contributed by atoms with Gasteiger partial charge >= 0.3 is 0 Å². The number of nitrogens with zero attached hydrogens (tertiary/aromatic N) is 6. The van der Waals surface area contributed by atoms with Gasteiger partial charge in [-0.1, -0.05) is 0 Å². The van der Waals surface area contributed by atoms with E-state index in [1.54, 1.807) is 23.2 Å². The number of hydrogen-bond acceptors (Lipinski definition) is 5. The van der Waals surface area contributed by atoms with Gasteiger partial charge < -0.3 is 14.8 Å². The number of piperazine rings is 1. The second kappa shape index (κ2) is 6.68. The van der Waals surface area contributed by atoms with Crippen LogP contribution in [0.25, 0.3) is 5.69 Å². The number of aromatic nitrogens is 5. The topological polar surface area (TPSA) is 80.9 Å². The Labute approximate surface area is 149 Å². The minimum atomic E-state index is -0.337. The number of carbonyl (C=O) groups is 1. The van der Waals surface area contributed by atoms with Crippen LogP contribution in [0, 0.1) is 5.82 Å². The Bertz CT molecular complexity index is 917. The van der Waals surface area contributed by atoms with E-state index in [-0.39, 0.29) is 23.5 Å². The zero-order valence-electron chi connectivity index (χ0n) is 14.2. The van der Waals surface area contributed by atoms with Crippen LogP contribution in [0.3, 0.4) is 0 Å². The molecule has 134 valence electrons. The van der Waals surface area contributed by atoms with Crippen LogP contribution in [0.15, 0.2) is 42.9 Å². The van der Waals surface area contributed by atoms with E-state index >= 15 is 0 Å². The predicted molar refractivity (Wildman–Crippen MR) is 91.2 cm³/mol. The van der Waals surface area contributed by atoms with E-state index in [2.05, 4.69) is 20.5 Å². The molecule has 1 N–H and O–H groups in total. The van der Waals surface area contributed by atoms with Crippen LogP contribution < -0.4 is 5.32 Å². The monoisotopic (exact) mass is 355 g/mol. The van der Waals surface area contributed by atoms with Crippen molar-refractivity contribution in [3.05, 3.63) is 60.2 Å². The van der Waals surface area contributed by atoms with Gasteiger partial charge in [-0.2, -0.15) is 9.90 Å². The highest BCUT2D eigenvalue weighted by atomic mass is 19.1. The van der Waals surface area contributed by atoms with Crippen molar-refractivity contribution >= 4 is 5.91 Å². The predicted octanol–water partition coefficient (Wildman–Crippen LogP) is 0.927. The van der Waals surface area contributed by atoms with Gasteiger partial charge in [-0.05, 0) is 24.3 Å². The highest BCUT2D eigenvalue weighted by Crippen LogP contribution is 2.22. The van der Waals surface area contributed by atoms with Gasteiger partial charge in [0.05, 0.1) is 11.9 Å². The van der Waals surface area contributed by atoms with Crippen molar-refractivity contribution in [2.45, 2.75) is 6.04 Å². The van der Waals surface area contributed by atoms with Crippen LogP contribution in [0.2, 0.25) is 0 Å². The smallest absolute Gasteiger partial charge is 0.276 e. The van der Waals surface area contributed by atoms with Crippen LogP contribution in [-0.2, 0) is 7.05 Å². The van der Waals surface area contributed by atoms with E-state index in [0.717, 1.165) is 5.82 Å². The lowest BCUT2D eigenvalue weighted by Gasteiger charge is -2.35. The third-order valence-electron chi connectivity index (χ3n) is 4.43. The molecule has 1 aromatic carbocycles. The first kappa shape index (κ1) is 16.4. The molecule has 0 aliphatic carbocycles. The van der Waals surface area contributed by atoms with Gasteiger partial charge in [-0.25, -0.2) is 9.37 Å². The molecule has 3 heterocycles. The largest absolute Gasteiger partial charge is 0.336 e. The molecule has 1 amide bonds. The number of halogens is 1. The summed E-state index contributed by atoms with van der Waals surface area (Å²) >= 11 is 0. The summed E-state index contributed by atoms with van der Waals surface area (Å²) < 4.78 is 15.0. The molecule has 1 unspecified atom stereocenters. The fraction of sp³-hybridized carbons (Fsp3) is 0.294. The molecule has 26 heavy (non-hydrogen) atoms. The molecule has 1 aliphatic rings. The highest BCUT2D eigenvalue weighted by molar-refractivity contribution is 5.92. The van der Waals surface area contributed by atoms with Crippen molar-refractivity contribution in [2.24, 2.45) is 7.05 Å². The Hall–Kier alpha value is -3.07. The highest BCUT2D eigenvalue weighted by Gasteiger charge is 2.32. The minimum absolute atomic E-state index is 0.174. The number of hydrogen-bond donors (Lipinski definition) is 1. The Balaban J connectivity index is 1.60. The molecule has 1 aliphatic heterocycles. The molecule has 1 atom stereocenters. The lowest BCUT2D eigenvalue weighted by atomic mass is 10.1. The number of carbonyl (C=O) groups excluding carboxylic acids is 1. The summed E-state index contributed by atoms with van der Waals surface area (Å²) in [7, 11) is 1.91. The molecule has 1 saturated heterocycles. The van der Waals surface area contributed by atoms with Gasteiger partial charge in [0, 0.05) is 39.1 Å². The van der Waals surface area contributed by atoms with Crippen molar-refractivity contribution < 1.29 is 9.18 Å². The zero-order chi connectivity index (χ0) is 18.1. The molecule has 8 nitrogen and oxygen atoms in total. The molecule has 0 spiro atoms. The maximum Gasteiger partial charge on any atom is 0.276 e. The Morgan fingerprint density at radius 3 is 2.85 bits per heavy atom. The van der Waals surface area contributed by atoms with Crippen LogP contribution in [0.5, 0.6) is 0 Å². The molecule has 2 aromatic heterocycles. The molecular formula is C17H18FN7O. The number of rotatable bonds is 3. The van der Waals surface area contributed by atoms with Crippen LogP contribution in [0.1, 0.15) is 22.4 Å². The first-order valence-corrected chi connectivity index (χ1v) is 8.30. The van der Waals surface area contributed by atoms with Crippen molar-refractivity contribution in [2.75, 3.05) is 19.6 Å². The lowest BCUT2D eigenvalue weighted by Crippen LogP contribution is -2.49. The molecular weight excluding hydrogens is 337 g/mol. The summed E-state index contributed by atoms with van der Waals surface area (Å²) in [5, 5.41) is 11.7. The van der Waals surface area contributed by atoms with Crippen molar-refractivity contribution in [3.63, 3.8) is 0 Å². The van der Waals surface area contributed by atoms with Gasteiger partial charge in [0.15, 0.2) is 5.69 Å². The standard InChI is InChI=1S/C17H18FN7O/c1-23-8-7-20-16(23)15-11-19-6-9-24(15)17(26)14-10-21-25(22-14)13-4-2-12(18)3-5-13/h2-5,7-8,10,15,19H,6,9,11H2,1H3. The zero-order valence-corrected chi connectivity index (χ0v) is 14.2. The van der Waals surface area contributed by atoms with Crippen LogP contribution in [0.4, 0.5) is 4.39 Å². The number of benzene rings is 1. The SMILES string of the molecule is Cn1ccnc1C1CNCCN1C(=O)c1cnn(-c2ccc(F)cc2)n1. The summed E-state index contributed by atoms with van der Waals surface area (Å²) in [5.41, 5.74) is 0.835. The Morgan fingerprint density at radius 1 is 1.31 bits per heavy atom. The van der Waals surface area contributed by atoms with Crippen molar-refractivity contribution in [1.82, 2.24) is 34.8 Å². The molecule has 9 heteroatoms. The summed E-state index contributed by atoms with van der Waals surface area (Å²) in [5.74, 6) is 0.278. The van der Waals surface area contributed by atoms with Crippen LogP contribution >= 0.6 is 0 Å². The Kier molecular flexibility index (Phi) is 4.21. The second-order valence-corrected chi connectivity index (χ2v) is 6.11. The summed E-state index contributed by atoms with van der Waals surface area (Å²) in [6.45, 7) is 1.89. The average molecular weight is 355 g/mol. The second-order valence-electron chi connectivity index (χ2n) is 6.11. The maximum atomic E-state index is 13.1. The van der Waals surface area contributed by atoms with E-state index in [0.29, 0.717) is 25.3 Å². The van der Waals surface area contributed by atoms with E-state index < -0.39 is 0 Å². The normalized spacial score (nSPS) is 17.5. The average Bonchev–Trinajstić information content (AvgIpc) is 3.31. The number of amides is 1. The molecule has 1 fully saturated rings. The first-order valence-electron chi connectivity index (χ1n) is 8.30. The van der Waals surface area contributed by atoms with Gasteiger partial charge in [-0.15, -0.1) is 5.10 Å². The fourth-order valence-electron chi connectivity index (χ4n) is 3.08. The van der Waals surface area contributed by atoms with Gasteiger partial charge in [0.2, 0.25) is 0 Å². The van der Waals surface area contributed by atoms with Crippen molar-refractivity contribution in [3.8, 4) is 5.69 Å². The number of aryl methyl sites for hydroxylation is 1.